The molecule has 0 radical (unpaired) electrons. The lowest BCUT2D eigenvalue weighted by molar-refractivity contribution is 0.670. The Hall–Kier alpha value is -8.52. The zero-order valence-electron chi connectivity index (χ0n) is 37.2. The normalized spacial score (nSPS) is 13.9. The Balaban J connectivity index is 0.994. The average molecular weight is 863 g/mol. The van der Waals surface area contributed by atoms with Crippen LogP contribution in [0.5, 0.6) is 0 Å². The van der Waals surface area contributed by atoms with Crippen LogP contribution in [0.15, 0.2) is 241 Å². The van der Waals surface area contributed by atoms with Crippen LogP contribution in [0, 0.1) is 0 Å². The first-order chi connectivity index (χ1) is 33.8. The Morgan fingerprint density at radius 1 is 0.353 bits per heavy atom. The fourth-order valence-electron chi connectivity index (χ4n) is 13.0. The van der Waals surface area contributed by atoms with E-state index in [9.17, 15) is 0 Å². The Morgan fingerprint density at radius 2 is 0.912 bits per heavy atom. The van der Waals surface area contributed by atoms with Crippen molar-refractivity contribution in [1.82, 2.24) is 0 Å². The number of hydrogen-bond donors (Lipinski definition) is 0. The monoisotopic (exact) mass is 862 g/mol. The van der Waals surface area contributed by atoms with Crippen LogP contribution in [0.25, 0.3) is 88.3 Å². The standard InChI is InChI=1S/C67H42O/c1-2-18-41(19-3-1)44-21-6-7-27-52(44)64(43-36-37-50-49-25-10-14-34-61(49)67(62(50)39-43)59-32-12-8-23-47(59)48-24-9-13-33-60(48)67)53-29-16-28-46-56-38-42-20-4-5-22-45(42)65(58(56)40-57(46)53)55-31-17-30-54-51-26-11-15-35-63(51)68-66(54)55/h1-39,64H,40H2. The minimum atomic E-state index is -0.444. The van der Waals surface area contributed by atoms with Gasteiger partial charge in [-0.1, -0.05) is 224 Å². The molecule has 1 atom stereocenters. The Labute approximate surface area is 395 Å². The molecule has 1 heterocycles. The number of para-hydroxylation sites is 2. The molecule has 3 aliphatic rings. The van der Waals surface area contributed by atoms with E-state index in [4.69, 9.17) is 4.42 Å². The molecule has 0 bridgehead atoms. The summed E-state index contributed by atoms with van der Waals surface area (Å²) in [6.07, 6.45) is 0.808. The molecule has 0 amide bonds. The maximum Gasteiger partial charge on any atom is 0.143 e. The van der Waals surface area contributed by atoms with Gasteiger partial charge in [0, 0.05) is 22.3 Å². The first-order valence-electron chi connectivity index (χ1n) is 23.9. The predicted molar refractivity (Wildman–Crippen MR) is 280 cm³/mol. The lowest BCUT2D eigenvalue weighted by Crippen LogP contribution is -2.26. The van der Waals surface area contributed by atoms with Gasteiger partial charge in [0.25, 0.3) is 0 Å². The molecule has 1 unspecified atom stereocenters. The van der Waals surface area contributed by atoms with E-state index in [-0.39, 0.29) is 5.92 Å². The first-order valence-corrected chi connectivity index (χ1v) is 23.9. The molecule has 0 aliphatic heterocycles. The largest absolute Gasteiger partial charge is 0.455 e. The van der Waals surface area contributed by atoms with Gasteiger partial charge in [0.2, 0.25) is 0 Å². The lowest BCUT2D eigenvalue weighted by Gasteiger charge is -2.31. The molecule has 0 saturated carbocycles. The Morgan fingerprint density at radius 3 is 1.68 bits per heavy atom. The van der Waals surface area contributed by atoms with Gasteiger partial charge in [0.15, 0.2) is 0 Å². The van der Waals surface area contributed by atoms with Gasteiger partial charge in [-0.3, -0.25) is 0 Å². The summed E-state index contributed by atoms with van der Waals surface area (Å²) >= 11 is 0. The molecule has 68 heavy (non-hydrogen) atoms. The van der Waals surface area contributed by atoms with Crippen LogP contribution in [0.4, 0.5) is 0 Å². The molecule has 15 rings (SSSR count). The van der Waals surface area contributed by atoms with Crippen LogP contribution in [-0.4, -0.2) is 0 Å². The molecule has 1 aromatic heterocycles. The van der Waals surface area contributed by atoms with Crippen molar-refractivity contribution >= 4 is 32.7 Å². The topological polar surface area (TPSA) is 13.1 Å². The van der Waals surface area contributed by atoms with E-state index in [0.717, 1.165) is 33.9 Å². The summed E-state index contributed by atoms with van der Waals surface area (Å²) in [5.41, 5.74) is 26.3. The van der Waals surface area contributed by atoms with Gasteiger partial charge in [0.05, 0.1) is 5.41 Å². The summed E-state index contributed by atoms with van der Waals surface area (Å²) in [6.45, 7) is 0. The number of furan rings is 1. The number of rotatable bonds is 5. The van der Waals surface area contributed by atoms with Crippen molar-refractivity contribution in [2.24, 2.45) is 0 Å². The van der Waals surface area contributed by atoms with Crippen LogP contribution in [0.1, 0.15) is 56.0 Å². The molecular weight excluding hydrogens is 821 g/mol. The zero-order valence-corrected chi connectivity index (χ0v) is 37.2. The van der Waals surface area contributed by atoms with Crippen molar-refractivity contribution in [2.45, 2.75) is 17.8 Å². The highest BCUT2D eigenvalue weighted by molar-refractivity contribution is 6.14. The van der Waals surface area contributed by atoms with Crippen molar-refractivity contribution in [3.63, 3.8) is 0 Å². The third kappa shape index (κ3) is 5.05. The van der Waals surface area contributed by atoms with E-state index in [0.29, 0.717) is 0 Å². The van der Waals surface area contributed by atoms with Gasteiger partial charge in [-0.25, -0.2) is 0 Å². The molecule has 0 N–H and O–H groups in total. The molecule has 0 saturated heterocycles. The Kier molecular flexibility index (Phi) is 7.89. The molecule has 12 aromatic rings. The maximum absolute atomic E-state index is 6.80. The second-order valence-electron chi connectivity index (χ2n) is 18.9. The summed E-state index contributed by atoms with van der Waals surface area (Å²) in [5.74, 6) is -0.0784. The summed E-state index contributed by atoms with van der Waals surface area (Å²) in [7, 11) is 0. The summed E-state index contributed by atoms with van der Waals surface area (Å²) in [5, 5.41) is 4.78. The quantitative estimate of drug-likeness (QED) is 0.157. The average Bonchev–Trinajstić information content (AvgIpc) is 4.14. The van der Waals surface area contributed by atoms with E-state index >= 15 is 0 Å². The number of fused-ring (bicyclic) bond motifs is 17. The highest BCUT2D eigenvalue weighted by Crippen LogP contribution is 2.63. The lowest BCUT2D eigenvalue weighted by atomic mass is 9.69. The van der Waals surface area contributed by atoms with Crippen molar-refractivity contribution in [3.05, 3.63) is 287 Å². The second kappa shape index (κ2) is 14.2. The Bertz CT molecular complexity index is 4010. The van der Waals surface area contributed by atoms with Crippen LogP contribution in [0.2, 0.25) is 0 Å². The highest BCUT2D eigenvalue weighted by atomic mass is 16.3. The molecule has 1 heteroatoms. The minimum Gasteiger partial charge on any atom is -0.455 e. The van der Waals surface area contributed by atoms with Crippen LogP contribution >= 0.6 is 0 Å². The summed E-state index contributed by atoms with van der Waals surface area (Å²) < 4.78 is 6.80. The second-order valence-corrected chi connectivity index (χ2v) is 18.9. The van der Waals surface area contributed by atoms with E-state index in [2.05, 4.69) is 237 Å². The molecule has 11 aromatic carbocycles. The van der Waals surface area contributed by atoms with E-state index in [1.54, 1.807) is 0 Å². The van der Waals surface area contributed by atoms with Gasteiger partial charge >= 0.3 is 0 Å². The third-order valence-electron chi connectivity index (χ3n) is 15.7. The van der Waals surface area contributed by atoms with E-state index < -0.39 is 5.41 Å². The van der Waals surface area contributed by atoms with Gasteiger partial charge < -0.3 is 4.42 Å². The molecule has 316 valence electrons. The molecular formula is C67H42O. The van der Waals surface area contributed by atoms with Crippen molar-refractivity contribution in [1.29, 1.82) is 0 Å². The fourth-order valence-corrected chi connectivity index (χ4v) is 13.0. The number of hydrogen-bond acceptors (Lipinski definition) is 1. The predicted octanol–water partition coefficient (Wildman–Crippen LogP) is 17.2. The van der Waals surface area contributed by atoms with Gasteiger partial charge in [-0.2, -0.15) is 0 Å². The summed E-state index contributed by atoms with van der Waals surface area (Å²) in [4.78, 5) is 0. The van der Waals surface area contributed by atoms with E-state index in [1.165, 1.54) is 111 Å². The zero-order chi connectivity index (χ0) is 44.5. The van der Waals surface area contributed by atoms with Crippen LogP contribution < -0.4 is 0 Å². The van der Waals surface area contributed by atoms with E-state index in [1.807, 2.05) is 0 Å². The number of benzene rings is 11. The molecule has 1 spiro atoms. The molecule has 1 nitrogen and oxygen atoms in total. The molecule has 3 aliphatic carbocycles. The van der Waals surface area contributed by atoms with Gasteiger partial charge in [0.1, 0.15) is 11.2 Å². The van der Waals surface area contributed by atoms with Crippen molar-refractivity contribution in [2.75, 3.05) is 0 Å². The third-order valence-corrected chi connectivity index (χ3v) is 15.7. The van der Waals surface area contributed by atoms with Crippen molar-refractivity contribution in [3.8, 4) is 55.6 Å². The molecule has 0 fully saturated rings. The van der Waals surface area contributed by atoms with Crippen LogP contribution in [0.3, 0.4) is 0 Å². The fraction of sp³-hybridized carbons (Fsp3) is 0.0448. The van der Waals surface area contributed by atoms with Crippen molar-refractivity contribution < 1.29 is 4.42 Å². The SMILES string of the molecule is c1ccc(-c2ccccc2C(c2ccc3c(c2)C2(c4ccccc4-c4ccccc42)c2ccccc2-3)c2cccc3c2Cc2c-3cc3ccccc3c2-c2cccc3c2oc2ccccc23)cc1. The smallest absolute Gasteiger partial charge is 0.143 e. The van der Waals surface area contributed by atoms with Gasteiger partial charge in [-0.15, -0.1) is 0 Å². The van der Waals surface area contributed by atoms with Crippen LogP contribution in [-0.2, 0) is 11.8 Å². The highest BCUT2D eigenvalue weighted by Gasteiger charge is 2.51. The summed E-state index contributed by atoms with van der Waals surface area (Å²) in [6, 6.07) is 88.6. The minimum absolute atomic E-state index is 0.0784. The first kappa shape index (κ1) is 37.7. The van der Waals surface area contributed by atoms with Gasteiger partial charge in [-0.05, 0) is 129 Å². The maximum atomic E-state index is 6.80.